The van der Waals surface area contributed by atoms with Gasteiger partial charge in [-0.1, -0.05) is 11.2 Å². The number of hydrogen-bond acceptors (Lipinski definition) is 5. The zero-order valence-electron chi connectivity index (χ0n) is 11.9. The smallest absolute Gasteiger partial charge is 0.173 e. The quantitative estimate of drug-likeness (QED) is 0.297. The first-order valence-corrected chi connectivity index (χ1v) is 7.88. The van der Waals surface area contributed by atoms with Crippen LogP contribution in [0.2, 0.25) is 0 Å². The van der Waals surface area contributed by atoms with Crippen molar-refractivity contribution in [2.24, 2.45) is 10.9 Å². The summed E-state index contributed by atoms with van der Waals surface area (Å²) in [5.41, 5.74) is 7.12. The fourth-order valence-corrected chi connectivity index (χ4v) is 2.64. The van der Waals surface area contributed by atoms with Gasteiger partial charge >= 0.3 is 0 Å². The van der Waals surface area contributed by atoms with Crippen molar-refractivity contribution in [3.63, 3.8) is 0 Å². The van der Waals surface area contributed by atoms with Crippen LogP contribution in [-0.4, -0.2) is 40.4 Å². The predicted octanol–water partition coefficient (Wildman–Crippen LogP) is 0.646. The van der Waals surface area contributed by atoms with Gasteiger partial charge in [0.2, 0.25) is 0 Å². The molecule has 7 heteroatoms. The third-order valence-electron chi connectivity index (χ3n) is 2.79. The molecule has 20 heavy (non-hydrogen) atoms. The molecule has 4 N–H and O–H groups in total. The molecule has 0 heterocycles. The number of benzene rings is 1. The third-order valence-corrected chi connectivity index (χ3v) is 3.76. The molecular formula is C13H21N3O3S. The van der Waals surface area contributed by atoms with Crippen molar-refractivity contribution in [2.75, 3.05) is 19.1 Å². The molecule has 0 aliphatic carbocycles. The van der Waals surface area contributed by atoms with Crippen LogP contribution in [0.3, 0.4) is 0 Å². The minimum Gasteiger partial charge on any atom is -0.496 e. The molecule has 0 aromatic heterocycles. The van der Waals surface area contributed by atoms with Crippen molar-refractivity contribution >= 4 is 16.6 Å². The van der Waals surface area contributed by atoms with Gasteiger partial charge in [-0.15, -0.1) is 0 Å². The number of amidine groups is 1. The van der Waals surface area contributed by atoms with Gasteiger partial charge in [0, 0.05) is 35.4 Å². The molecule has 2 unspecified atom stereocenters. The number of hydrogen-bond donors (Lipinski definition) is 3. The first-order chi connectivity index (χ1) is 9.47. The zero-order chi connectivity index (χ0) is 15.1. The van der Waals surface area contributed by atoms with E-state index in [0.717, 1.165) is 5.56 Å². The maximum absolute atomic E-state index is 11.1. The van der Waals surface area contributed by atoms with Gasteiger partial charge in [-0.05, 0) is 24.6 Å². The SMILES string of the molecule is COc1cc(CNC(C)CS(C)=O)ccc1/C(N)=N/O. The monoisotopic (exact) mass is 299 g/mol. The molecule has 0 saturated heterocycles. The number of rotatable bonds is 7. The van der Waals surface area contributed by atoms with E-state index in [9.17, 15) is 4.21 Å². The van der Waals surface area contributed by atoms with Crippen LogP contribution in [-0.2, 0) is 17.3 Å². The summed E-state index contributed by atoms with van der Waals surface area (Å²) < 4.78 is 16.4. The van der Waals surface area contributed by atoms with Gasteiger partial charge < -0.3 is 21.0 Å². The fraction of sp³-hybridized carbons (Fsp3) is 0.462. The standard InChI is InChI=1S/C13H21N3O3S/c1-9(8-20(3)18)15-7-10-4-5-11(13(14)16-17)12(6-10)19-2/h4-6,9,15,17H,7-8H2,1-3H3,(H2,14,16). The van der Waals surface area contributed by atoms with Crippen LogP contribution < -0.4 is 15.8 Å². The second-order valence-electron chi connectivity index (χ2n) is 4.54. The lowest BCUT2D eigenvalue weighted by atomic mass is 10.1. The highest BCUT2D eigenvalue weighted by Gasteiger charge is 2.09. The fourth-order valence-electron chi connectivity index (χ4n) is 1.81. The van der Waals surface area contributed by atoms with E-state index in [4.69, 9.17) is 15.7 Å². The number of nitrogens with zero attached hydrogens (tertiary/aromatic N) is 1. The van der Waals surface area contributed by atoms with Crippen LogP contribution in [0.5, 0.6) is 5.75 Å². The van der Waals surface area contributed by atoms with Gasteiger partial charge in [-0.2, -0.15) is 0 Å². The van der Waals surface area contributed by atoms with Gasteiger partial charge in [-0.25, -0.2) is 0 Å². The molecule has 1 rings (SSSR count). The maximum atomic E-state index is 11.1. The second kappa shape index (κ2) is 7.86. The van der Waals surface area contributed by atoms with E-state index in [2.05, 4.69) is 10.5 Å². The lowest BCUT2D eigenvalue weighted by Crippen LogP contribution is -2.30. The number of nitrogens with one attached hydrogen (secondary N) is 1. The van der Waals surface area contributed by atoms with Crippen molar-refractivity contribution in [3.05, 3.63) is 29.3 Å². The highest BCUT2D eigenvalue weighted by atomic mass is 32.2. The molecule has 1 aromatic rings. The maximum Gasteiger partial charge on any atom is 0.173 e. The van der Waals surface area contributed by atoms with Crippen LogP contribution >= 0.6 is 0 Å². The average molecular weight is 299 g/mol. The van der Waals surface area contributed by atoms with E-state index in [0.29, 0.717) is 23.6 Å². The number of oxime groups is 1. The first-order valence-electron chi connectivity index (χ1n) is 6.16. The van der Waals surface area contributed by atoms with E-state index < -0.39 is 10.8 Å². The van der Waals surface area contributed by atoms with Gasteiger partial charge in [0.1, 0.15) is 5.75 Å². The molecule has 2 atom stereocenters. The lowest BCUT2D eigenvalue weighted by molar-refractivity contribution is 0.318. The highest BCUT2D eigenvalue weighted by Crippen LogP contribution is 2.20. The number of methoxy groups -OCH3 is 1. The van der Waals surface area contributed by atoms with Crippen LogP contribution in [0.15, 0.2) is 23.4 Å². The highest BCUT2D eigenvalue weighted by molar-refractivity contribution is 7.84. The molecular weight excluding hydrogens is 278 g/mol. The van der Waals surface area contributed by atoms with Crippen molar-refractivity contribution in [2.45, 2.75) is 19.5 Å². The summed E-state index contributed by atoms with van der Waals surface area (Å²) in [7, 11) is 0.713. The summed E-state index contributed by atoms with van der Waals surface area (Å²) in [6.45, 7) is 2.62. The zero-order valence-corrected chi connectivity index (χ0v) is 12.7. The Bertz CT molecular complexity index is 506. The molecule has 6 nitrogen and oxygen atoms in total. The van der Waals surface area contributed by atoms with E-state index in [1.54, 1.807) is 12.3 Å². The molecule has 0 fully saturated rings. The van der Waals surface area contributed by atoms with Gasteiger partial charge in [-0.3, -0.25) is 4.21 Å². The van der Waals surface area contributed by atoms with Gasteiger partial charge in [0.25, 0.3) is 0 Å². The minimum atomic E-state index is -0.818. The van der Waals surface area contributed by atoms with E-state index in [-0.39, 0.29) is 11.9 Å². The summed E-state index contributed by atoms with van der Waals surface area (Å²) in [5.74, 6) is 1.17. The summed E-state index contributed by atoms with van der Waals surface area (Å²) in [6, 6.07) is 5.61. The summed E-state index contributed by atoms with van der Waals surface area (Å²) in [5, 5.41) is 15.0. The summed E-state index contributed by atoms with van der Waals surface area (Å²) in [6.07, 6.45) is 1.69. The summed E-state index contributed by atoms with van der Waals surface area (Å²) >= 11 is 0. The van der Waals surface area contributed by atoms with Crippen LogP contribution in [0, 0.1) is 0 Å². The molecule has 0 amide bonds. The molecule has 0 bridgehead atoms. The first kappa shape index (κ1) is 16.5. The van der Waals surface area contributed by atoms with Gasteiger partial charge in [0.05, 0.1) is 12.7 Å². The third kappa shape index (κ3) is 4.82. The largest absolute Gasteiger partial charge is 0.496 e. The average Bonchev–Trinajstić information content (AvgIpc) is 2.43. The van der Waals surface area contributed by atoms with Crippen LogP contribution in [0.4, 0.5) is 0 Å². The Morgan fingerprint density at radius 3 is 2.85 bits per heavy atom. The van der Waals surface area contributed by atoms with Crippen molar-refractivity contribution in [1.29, 1.82) is 0 Å². The Balaban J connectivity index is 2.76. The normalized spacial score (nSPS) is 14.8. The Hall–Kier alpha value is -1.60. The van der Waals surface area contributed by atoms with E-state index in [1.807, 2.05) is 19.1 Å². The molecule has 0 saturated carbocycles. The topological polar surface area (TPSA) is 96.9 Å². The Morgan fingerprint density at radius 2 is 2.30 bits per heavy atom. The Kier molecular flexibility index (Phi) is 6.47. The molecule has 112 valence electrons. The molecule has 0 spiro atoms. The predicted molar refractivity (Wildman–Crippen MR) is 80.7 cm³/mol. The Morgan fingerprint density at radius 1 is 1.60 bits per heavy atom. The molecule has 0 radical (unpaired) electrons. The molecule has 0 aliphatic heterocycles. The Labute approximate surface area is 121 Å². The van der Waals surface area contributed by atoms with E-state index in [1.165, 1.54) is 7.11 Å². The minimum absolute atomic E-state index is 0.0103. The number of nitrogens with two attached hydrogens (primary N) is 1. The number of ether oxygens (including phenoxy) is 1. The van der Waals surface area contributed by atoms with Gasteiger partial charge in [0.15, 0.2) is 5.84 Å². The van der Waals surface area contributed by atoms with Crippen LogP contribution in [0.25, 0.3) is 0 Å². The van der Waals surface area contributed by atoms with Crippen molar-refractivity contribution in [1.82, 2.24) is 5.32 Å². The lowest BCUT2D eigenvalue weighted by Gasteiger charge is -2.14. The summed E-state index contributed by atoms with van der Waals surface area (Å²) in [4.78, 5) is 0. The van der Waals surface area contributed by atoms with Crippen molar-refractivity contribution in [3.8, 4) is 5.75 Å². The van der Waals surface area contributed by atoms with E-state index >= 15 is 0 Å². The second-order valence-corrected chi connectivity index (χ2v) is 6.02. The molecule has 0 aliphatic rings. The van der Waals surface area contributed by atoms with Crippen molar-refractivity contribution < 1.29 is 14.2 Å². The molecule has 1 aromatic carbocycles. The van der Waals surface area contributed by atoms with Crippen LogP contribution in [0.1, 0.15) is 18.1 Å².